The summed E-state index contributed by atoms with van der Waals surface area (Å²) in [7, 11) is 0. The minimum atomic E-state index is -0.444. The van der Waals surface area contributed by atoms with Gasteiger partial charge in [0.15, 0.2) is 0 Å². The molecule has 0 radical (unpaired) electrons. The van der Waals surface area contributed by atoms with Gasteiger partial charge in [-0.2, -0.15) is 0 Å². The maximum absolute atomic E-state index is 9.34. The van der Waals surface area contributed by atoms with Crippen molar-refractivity contribution in [1.29, 1.82) is 0 Å². The average molecular weight is 958 g/mol. The third kappa shape index (κ3) is 9.03. The first-order valence-electron chi connectivity index (χ1n) is 27.8. The Bertz CT molecular complexity index is 4090. The van der Waals surface area contributed by atoms with E-state index in [0.29, 0.717) is 28.7 Å². The Balaban J connectivity index is 1.12. The second-order valence-electron chi connectivity index (χ2n) is 22.5. The zero-order valence-electron chi connectivity index (χ0n) is 48.4. The molecule has 0 N–H and O–H groups in total. The molecule has 0 fully saturated rings. The Kier molecular flexibility index (Phi) is 10.4. The van der Waals surface area contributed by atoms with Gasteiger partial charge in [-0.25, -0.2) is 4.98 Å². The van der Waals surface area contributed by atoms with Crippen LogP contribution < -0.4 is 9.30 Å². The molecule has 0 saturated carbocycles. The number of fused-ring (bicyclic) bond motifs is 4. The first kappa shape index (κ1) is 41.6. The molecule has 0 aliphatic heterocycles. The van der Waals surface area contributed by atoms with E-state index in [0.717, 1.165) is 77.7 Å². The summed E-state index contributed by atoms with van der Waals surface area (Å²) in [4.78, 5) is 4.94. The predicted molar refractivity (Wildman–Crippen MR) is 304 cm³/mol. The molecule has 1 atom stereocenters. The van der Waals surface area contributed by atoms with E-state index in [1.807, 2.05) is 76.0 Å². The minimum absolute atomic E-state index is 0.0703. The SMILES string of the molecule is [2H]c1c([2H])c([2H])c(-c2cccc(-c3cc(C(C)(C)C)cc(C(C)(C)C)c3)c2-[n+]2[c-]n(-c3cccc(Oc4ccc5c6ccccc6n(-c6cc(C(C)C(C)(C)C)ccn6)c5c4)c3)c3cc(-c4ccccc4)ccc32)c([2H])c1[2H]. The van der Waals surface area contributed by atoms with E-state index in [4.69, 9.17) is 13.8 Å². The lowest BCUT2D eigenvalue weighted by Gasteiger charge is -2.27. The monoisotopic (exact) mass is 958 g/mol. The van der Waals surface area contributed by atoms with Crippen molar-refractivity contribution in [3.8, 4) is 62.1 Å². The first-order valence-corrected chi connectivity index (χ1v) is 25.3. The quantitative estimate of drug-likeness (QED) is 0.107. The maximum Gasteiger partial charge on any atom is 0.269 e. The van der Waals surface area contributed by atoms with E-state index in [1.165, 1.54) is 5.56 Å². The van der Waals surface area contributed by atoms with Crippen LogP contribution in [0.4, 0.5) is 0 Å². The van der Waals surface area contributed by atoms with E-state index in [1.54, 1.807) is 0 Å². The number of hydrogen-bond donors (Lipinski definition) is 0. The van der Waals surface area contributed by atoms with E-state index in [9.17, 15) is 2.74 Å². The highest BCUT2D eigenvalue weighted by molar-refractivity contribution is 6.09. The van der Waals surface area contributed by atoms with Crippen LogP contribution in [0.2, 0.25) is 0 Å². The fraction of sp³-hybridized carbons (Fsp3) is 0.206. The Morgan fingerprint density at radius 2 is 1.22 bits per heavy atom. The Morgan fingerprint density at radius 3 is 1.95 bits per heavy atom. The van der Waals surface area contributed by atoms with Gasteiger partial charge in [-0.15, -0.1) is 0 Å². The zero-order chi connectivity index (χ0) is 55.2. The Hall–Kier alpha value is -8.02. The molecule has 0 spiro atoms. The van der Waals surface area contributed by atoms with Gasteiger partial charge in [0.2, 0.25) is 0 Å². The van der Waals surface area contributed by atoms with Crippen molar-refractivity contribution in [2.75, 3.05) is 0 Å². The Labute approximate surface area is 438 Å². The van der Waals surface area contributed by atoms with Crippen LogP contribution in [0.3, 0.4) is 0 Å². The number of para-hydroxylation sites is 2. The molecule has 0 amide bonds. The van der Waals surface area contributed by atoms with Crippen molar-refractivity contribution in [3.05, 3.63) is 223 Å². The van der Waals surface area contributed by atoms with Crippen LogP contribution in [0.5, 0.6) is 11.5 Å². The average Bonchev–Trinajstić information content (AvgIpc) is 3.97. The van der Waals surface area contributed by atoms with E-state index < -0.39 is 18.1 Å². The zero-order valence-corrected chi connectivity index (χ0v) is 43.4. The molecule has 3 heterocycles. The van der Waals surface area contributed by atoms with Gasteiger partial charge in [0.1, 0.15) is 17.3 Å². The number of rotatable bonds is 9. The van der Waals surface area contributed by atoms with Crippen molar-refractivity contribution in [1.82, 2.24) is 14.1 Å². The minimum Gasteiger partial charge on any atom is -0.458 e. The summed E-state index contributed by atoms with van der Waals surface area (Å²) in [6.07, 6.45) is 5.70. The van der Waals surface area contributed by atoms with Crippen LogP contribution in [0.25, 0.3) is 83.4 Å². The predicted octanol–water partition coefficient (Wildman–Crippen LogP) is 17.7. The molecule has 1 unspecified atom stereocenters. The lowest BCUT2D eigenvalue weighted by Crippen LogP contribution is -2.31. The number of benzene rings is 8. The smallest absolute Gasteiger partial charge is 0.269 e. The maximum atomic E-state index is 9.34. The van der Waals surface area contributed by atoms with E-state index in [2.05, 4.69) is 183 Å². The van der Waals surface area contributed by atoms with Crippen molar-refractivity contribution >= 4 is 32.8 Å². The highest BCUT2D eigenvalue weighted by Crippen LogP contribution is 2.41. The van der Waals surface area contributed by atoms with Crippen LogP contribution >= 0.6 is 0 Å². The summed E-state index contributed by atoms with van der Waals surface area (Å²) < 4.78 is 58.0. The molecule has 73 heavy (non-hydrogen) atoms. The normalized spacial score (nSPS) is 13.7. The van der Waals surface area contributed by atoms with Crippen molar-refractivity contribution in [2.45, 2.75) is 86.0 Å². The summed E-state index contributed by atoms with van der Waals surface area (Å²) in [6.45, 7) is 22.4. The molecule has 0 aliphatic rings. The summed E-state index contributed by atoms with van der Waals surface area (Å²) in [6, 6.07) is 54.4. The van der Waals surface area contributed by atoms with E-state index >= 15 is 0 Å². The molecular weight excluding hydrogens is 889 g/mol. The van der Waals surface area contributed by atoms with Crippen molar-refractivity contribution in [3.63, 3.8) is 0 Å². The van der Waals surface area contributed by atoms with Gasteiger partial charge in [-0.1, -0.05) is 203 Å². The number of imidazole rings is 1. The third-order valence-corrected chi connectivity index (χ3v) is 14.5. The number of nitrogens with zero attached hydrogens (tertiary/aromatic N) is 4. The molecule has 8 aromatic carbocycles. The number of pyridine rings is 1. The van der Waals surface area contributed by atoms with Crippen LogP contribution in [0.1, 0.15) is 98.7 Å². The molecule has 0 aliphatic carbocycles. The fourth-order valence-corrected chi connectivity index (χ4v) is 9.94. The molecule has 5 heteroatoms. The molecule has 0 saturated heterocycles. The summed E-state index contributed by atoms with van der Waals surface area (Å²) >= 11 is 0. The number of hydrogen-bond acceptors (Lipinski definition) is 2. The van der Waals surface area contributed by atoms with Crippen molar-refractivity contribution < 1.29 is 16.2 Å². The summed E-state index contributed by atoms with van der Waals surface area (Å²) in [5, 5.41) is 2.22. The van der Waals surface area contributed by atoms with Crippen LogP contribution in [0.15, 0.2) is 200 Å². The Morgan fingerprint density at radius 1 is 0.548 bits per heavy atom. The lowest BCUT2D eigenvalue weighted by molar-refractivity contribution is -0.571. The standard InChI is InChI=1S/C68H64N4O/c1-45(66(2,3)4)48-35-36-69-64(40-48)72-60-30-18-17-27-58(60)59-33-32-55(43-62(59)72)73-54-26-19-25-53(42-54)70-44-71(61-34-31-49(39-63(61)70)46-21-13-11-14-22-46)65-56(47-23-15-12-16-24-47)28-20-29-57(65)50-37-51(67(5,6)7)41-52(38-50)68(8,9)10/h11-43,45H,1-10H3/i12D,15D,16D,23D,24D. The van der Waals surface area contributed by atoms with Gasteiger partial charge in [0.25, 0.3) is 6.33 Å². The molecular formula is C68H64N4O. The molecule has 5 nitrogen and oxygen atoms in total. The molecule has 3 aromatic heterocycles. The first-order chi connectivity index (χ1) is 37.1. The van der Waals surface area contributed by atoms with Crippen LogP contribution in [-0.2, 0) is 10.8 Å². The topological polar surface area (TPSA) is 35.9 Å². The molecule has 362 valence electrons. The molecule has 11 rings (SSSR count). The van der Waals surface area contributed by atoms with Crippen LogP contribution in [-0.4, -0.2) is 14.1 Å². The molecule has 11 aromatic rings. The van der Waals surface area contributed by atoms with Crippen molar-refractivity contribution in [2.24, 2.45) is 5.41 Å². The second-order valence-corrected chi connectivity index (χ2v) is 22.5. The lowest BCUT2D eigenvalue weighted by atomic mass is 9.78. The van der Waals surface area contributed by atoms with Gasteiger partial charge in [0.05, 0.1) is 40.3 Å². The van der Waals surface area contributed by atoms with Gasteiger partial charge in [-0.05, 0) is 127 Å². The van der Waals surface area contributed by atoms with Crippen LogP contribution in [0, 0.1) is 11.7 Å². The van der Waals surface area contributed by atoms with Gasteiger partial charge in [-0.3, -0.25) is 13.7 Å². The van der Waals surface area contributed by atoms with Gasteiger partial charge < -0.3 is 4.74 Å². The van der Waals surface area contributed by atoms with Gasteiger partial charge >= 0.3 is 0 Å². The molecule has 0 bridgehead atoms. The largest absolute Gasteiger partial charge is 0.458 e. The number of aromatic nitrogens is 4. The highest BCUT2D eigenvalue weighted by Gasteiger charge is 2.26. The summed E-state index contributed by atoms with van der Waals surface area (Å²) in [5.74, 6) is 2.43. The second kappa shape index (κ2) is 18.2. The van der Waals surface area contributed by atoms with Gasteiger partial charge in [0, 0.05) is 23.0 Å². The fourth-order valence-electron chi connectivity index (χ4n) is 9.94. The number of ether oxygens (including phenoxy) is 1. The van der Waals surface area contributed by atoms with E-state index in [-0.39, 0.29) is 33.9 Å². The third-order valence-electron chi connectivity index (χ3n) is 14.5. The highest BCUT2D eigenvalue weighted by atomic mass is 16.5. The summed E-state index contributed by atoms with van der Waals surface area (Å²) in [5.41, 5.74) is 12.7.